The van der Waals surface area contributed by atoms with E-state index >= 15 is 0 Å². The molecule has 0 aliphatic heterocycles. The van der Waals surface area contributed by atoms with Gasteiger partial charge in [0.15, 0.2) is 0 Å². The third-order valence-electron chi connectivity index (χ3n) is 4.38. The van der Waals surface area contributed by atoms with E-state index in [0.717, 1.165) is 16.7 Å². The lowest BCUT2D eigenvalue weighted by molar-refractivity contribution is -0.152. The number of amides is 1. The smallest absolute Gasteiger partial charge is 0.394 e. The van der Waals surface area contributed by atoms with E-state index < -0.39 is 23.9 Å². The molecule has 0 aliphatic carbocycles. The van der Waals surface area contributed by atoms with Crippen molar-refractivity contribution in [3.63, 3.8) is 0 Å². The fourth-order valence-electron chi connectivity index (χ4n) is 2.97. The zero-order valence-corrected chi connectivity index (χ0v) is 16.0. The molecule has 0 radical (unpaired) electrons. The van der Waals surface area contributed by atoms with Crippen molar-refractivity contribution < 1.29 is 29.3 Å². The second kappa shape index (κ2) is 9.03. The van der Waals surface area contributed by atoms with Crippen molar-refractivity contribution in [3.05, 3.63) is 64.2 Å². The SMILES string of the molecule is Cc1cc(C)c(COc2ccc(C[C@@H](NC(=O)C(=O)O)C(=O)O)cc2)c(C)c1. The quantitative estimate of drug-likeness (QED) is 0.631. The maximum absolute atomic E-state index is 11.2. The molecular weight excluding hydrogens is 362 g/mol. The van der Waals surface area contributed by atoms with Crippen LogP contribution in [0.1, 0.15) is 27.8 Å². The molecule has 0 heterocycles. The molecule has 148 valence electrons. The van der Waals surface area contributed by atoms with Gasteiger partial charge in [0.1, 0.15) is 18.4 Å². The summed E-state index contributed by atoms with van der Waals surface area (Å²) in [5.41, 5.74) is 5.27. The van der Waals surface area contributed by atoms with Gasteiger partial charge in [0, 0.05) is 6.42 Å². The minimum absolute atomic E-state index is 0.0369. The van der Waals surface area contributed by atoms with Crippen molar-refractivity contribution >= 4 is 17.8 Å². The summed E-state index contributed by atoms with van der Waals surface area (Å²) in [6.07, 6.45) is -0.0369. The van der Waals surface area contributed by atoms with Gasteiger partial charge in [0.25, 0.3) is 0 Å². The largest absolute Gasteiger partial charge is 0.489 e. The van der Waals surface area contributed by atoms with Gasteiger partial charge in [-0.1, -0.05) is 29.8 Å². The zero-order chi connectivity index (χ0) is 20.8. The molecule has 2 aromatic rings. The van der Waals surface area contributed by atoms with E-state index in [4.69, 9.17) is 14.9 Å². The summed E-state index contributed by atoms with van der Waals surface area (Å²) in [5, 5.41) is 19.7. The second-order valence-corrected chi connectivity index (χ2v) is 6.68. The third kappa shape index (κ3) is 5.57. The Bertz CT molecular complexity index is 865. The van der Waals surface area contributed by atoms with Gasteiger partial charge in [-0.15, -0.1) is 0 Å². The van der Waals surface area contributed by atoms with Gasteiger partial charge in [-0.2, -0.15) is 0 Å². The maximum atomic E-state index is 11.2. The van der Waals surface area contributed by atoms with Crippen LogP contribution in [0.4, 0.5) is 0 Å². The predicted octanol–water partition coefficient (Wildman–Crippen LogP) is 2.39. The van der Waals surface area contributed by atoms with Crippen LogP contribution in [0.3, 0.4) is 0 Å². The number of rotatable bonds is 7. The fraction of sp³-hybridized carbons (Fsp3) is 0.286. The highest BCUT2D eigenvalue weighted by atomic mass is 16.5. The zero-order valence-electron chi connectivity index (χ0n) is 16.0. The van der Waals surface area contributed by atoms with E-state index in [0.29, 0.717) is 17.9 Å². The number of benzene rings is 2. The van der Waals surface area contributed by atoms with Crippen molar-refractivity contribution in [2.24, 2.45) is 0 Å². The van der Waals surface area contributed by atoms with E-state index in [1.807, 2.05) is 26.1 Å². The molecule has 0 saturated heterocycles. The summed E-state index contributed by atoms with van der Waals surface area (Å²) in [7, 11) is 0. The summed E-state index contributed by atoms with van der Waals surface area (Å²) in [6, 6.07) is 9.69. The molecule has 1 amide bonds. The number of carboxylic acids is 2. The Morgan fingerprint density at radius 2 is 1.57 bits per heavy atom. The summed E-state index contributed by atoms with van der Waals surface area (Å²) in [5.74, 6) is -3.75. The van der Waals surface area contributed by atoms with E-state index in [1.165, 1.54) is 5.56 Å². The molecule has 0 aliphatic rings. The lowest BCUT2D eigenvalue weighted by Crippen LogP contribution is -2.45. The number of hydrogen-bond donors (Lipinski definition) is 3. The van der Waals surface area contributed by atoms with E-state index in [-0.39, 0.29) is 6.42 Å². The van der Waals surface area contributed by atoms with Gasteiger partial charge in [0.05, 0.1) is 0 Å². The molecule has 0 unspecified atom stereocenters. The minimum Gasteiger partial charge on any atom is -0.489 e. The number of nitrogens with one attached hydrogen (secondary N) is 1. The topological polar surface area (TPSA) is 113 Å². The lowest BCUT2D eigenvalue weighted by Gasteiger charge is -2.15. The van der Waals surface area contributed by atoms with Crippen molar-refractivity contribution in [2.75, 3.05) is 0 Å². The van der Waals surface area contributed by atoms with Crippen LogP contribution < -0.4 is 10.1 Å². The second-order valence-electron chi connectivity index (χ2n) is 6.68. The van der Waals surface area contributed by atoms with Crippen LogP contribution in [0.5, 0.6) is 5.75 Å². The highest BCUT2D eigenvalue weighted by Gasteiger charge is 2.23. The Hall–Kier alpha value is -3.35. The molecule has 0 saturated carbocycles. The average Bonchev–Trinajstić information content (AvgIpc) is 2.61. The van der Waals surface area contributed by atoms with Gasteiger partial charge in [-0.25, -0.2) is 9.59 Å². The first-order valence-electron chi connectivity index (χ1n) is 8.72. The lowest BCUT2D eigenvalue weighted by atomic mass is 10.0. The van der Waals surface area contributed by atoms with Crippen LogP contribution >= 0.6 is 0 Å². The van der Waals surface area contributed by atoms with Gasteiger partial charge < -0.3 is 20.3 Å². The molecule has 7 nitrogen and oxygen atoms in total. The summed E-state index contributed by atoms with van der Waals surface area (Å²) in [6.45, 7) is 6.55. The molecule has 0 bridgehead atoms. The molecule has 0 spiro atoms. The summed E-state index contributed by atoms with van der Waals surface area (Å²) >= 11 is 0. The van der Waals surface area contributed by atoms with Crippen molar-refractivity contribution in [1.82, 2.24) is 5.32 Å². The summed E-state index contributed by atoms with van der Waals surface area (Å²) < 4.78 is 5.83. The fourth-order valence-corrected chi connectivity index (χ4v) is 2.97. The number of carbonyl (C=O) groups excluding carboxylic acids is 1. The Balaban J connectivity index is 2.02. The van der Waals surface area contributed by atoms with Crippen LogP contribution in [0.25, 0.3) is 0 Å². The van der Waals surface area contributed by atoms with Crippen molar-refractivity contribution in [2.45, 2.75) is 39.8 Å². The Morgan fingerprint density at radius 1 is 1.00 bits per heavy atom. The highest BCUT2D eigenvalue weighted by molar-refractivity contribution is 6.31. The van der Waals surface area contributed by atoms with Crippen LogP contribution in [0.2, 0.25) is 0 Å². The van der Waals surface area contributed by atoms with E-state index in [2.05, 4.69) is 12.1 Å². The Kier molecular flexibility index (Phi) is 6.76. The van der Waals surface area contributed by atoms with Gasteiger partial charge >= 0.3 is 17.8 Å². The molecule has 3 N–H and O–H groups in total. The van der Waals surface area contributed by atoms with Crippen LogP contribution in [-0.4, -0.2) is 34.1 Å². The van der Waals surface area contributed by atoms with E-state index in [1.54, 1.807) is 24.3 Å². The maximum Gasteiger partial charge on any atom is 0.394 e. The normalized spacial score (nSPS) is 11.5. The predicted molar refractivity (Wildman–Crippen MR) is 102 cm³/mol. The van der Waals surface area contributed by atoms with Crippen LogP contribution in [0, 0.1) is 20.8 Å². The molecule has 0 aromatic heterocycles. The number of carbonyl (C=O) groups is 3. The number of hydrogen-bond acceptors (Lipinski definition) is 4. The van der Waals surface area contributed by atoms with Gasteiger partial charge in [0.2, 0.25) is 0 Å². The first-order valence-corrected chi connectivity index (χ1v) is 8.72. The third-order valence-corrected chi connectivity index (χ3v) is 4.38. The Morgan fingerprint density at radius 3 is 2.07 bits per heavy atom. The van der Waals surface area contributed by atoms with Crippen LogP contribution in [-0.2, 0) is 27.4 Å². The molecule has 0 fully saturated rings. The summed E-state index contributed by atoms with van der Waals surface area (Å²) in [4.78, 5) is 33.0. The monoisotopic (exact) mass is 385 g/mol. The number of aliphatic carboxylic acids is 2. The van der Waals surface area contributed by atoms with Gasteiger partial charge in [-0.3, -0.25) is 4.79 Å². The first kappa shape index (κ1) is 21.0. The van der Waals surface area contributed by atoms with E-state index in [9.17, 15) is 14.4 Å². The molecule has 7 heteroatoms. The van der Waals surface area contributed by atoms with Crippen LogP contribution in [0.15, 0.2) is 36.4 Å². The van der Waals surface area contributed by atoms with Crippen molar-refractivity contribution in [1.29, 1.82) is 0 Å². The molecule has 2 rings (SSSR count). The number of carboxylic acid groups (broad SMARTS) is 2. The van der Waals surface area contributed by atoms with Crippen molar-refractivity contribution in [3.8, 4) is 5.75 Å². The molecule has 28 heavy (non-hydrogen) atoms. The molecular formula is C21H23NO6. The highest BCUT2D eigenvalue weighted by Crippen LogP contribution is 2.20. The Labute approximate surface area is 163 Å². The average molecular weight is 385 g/mol. The van der Waals surface area contributed by atoms with Gasteiger partial charge in [-0.05, 0) is 55.2 Å². The minimum atomic E-state index is -1.73. The first-order chi connectivity index (χ1) is 13.2. The molecule has 2 aromatic carbocycles. The number of ether oxygens (including phenoxy) is 1. The number of aryl methyl sites for hydroxylation is 3. The standard InChI is InChI=1S/C21H23NO6/c1-12-8-13(2)17(14(3)9-12)11-28-16-6-4-15(5-7-16)10-18(20(24)25)22-19(23)21(26)27/h4-9,18H,10-11H2,1-3H3,(H,22,23)(H,24,25)(H,26,27)/t18-/m1/s1. The molecule has 1 atom stereocenters.